The fourth-order valence-electron chi connectivity index (χ4n) is 3.78. The highest BCUT2D eigenvalue weighted by molar-refractivity contribution is 6.02. The maximum atomic E-state index is 13.4. The highest BCUT2D eigenvalue weighted by atomic mass is 16.5. The van der Waals surface area contributed by atoms with Gasteiger partial charge in [0, 0.05) is 6.42 Å². The molecule has 2 heterocycles. The van der Waals surface area contributed by atoms with Crippen LogP contribution < -0.4 is 16.2 Å². The molecule has 1 atom stereocenters. The first-order chi connectivity index (χ1) is 15.4. The number of ether oxygens (including phenoxy) is 1. The Morgan fingerprint density at radius 3 is 2.69 bits per heavy atom. The van der Waals surface area contributed by atoms with E-state index < -0.39 is 23.4 Å². The van der Waals surface area contributed by atoms with E-state index in [2.05, 4.69) is 15.6 Å². The molecule has 164 valence electrons. The van der Waals surface area contributed by atoms with Crippen LogP contribution in [0, 0.1) is 6.92 Å². The van der Waals surface area contributed by atoms with E-state index in [9.17, 15) is 19.2 Å². The SMILES string of the molecule is Cc1nc2cccc(NC(=O)COCc3ccccc3)c2c(=O)n1C1CCC(=O)NC1=O. The number of carbonyl (C=O) groups excluding carboxylic acids is 3. The first-order valence-electron chi connectivity index (χ1n) is 10.2. The summed E-state index contributed by atoms with van der Waals surface area (Å²) in [4.78, 5) is 54.1. The Morgan fingerprint density at radius 1 is 1.16 bits per heavy atom. The van der Waals surface area contributed by atoms with Crippen molar-refractivity contribution in [2.45, 2.75) is 32.4 Å². The molecule has 4 rings (SSSR count). The molecule has 1 aliphatic heterocycles. The Morgan fingerprint density at radius 2 is 1.94 bits per heavy atom. The summed E-state index contributed by atoms with van der Waals surface area (Å²) in [5, 5.41) is 5.16. The number of hydrogen-bond acceptors (Lipinski definition) is 6. The second-order valence-electron chi connectivity index (χ2n) is 7.53. The lowest BCUT2D eigenvalue weighted by Crippen LogP contribution is -2.45. The second-order valence-corrected chi connectivity index (χ2v) is 7.53. The summed E-state index contributed by atoms with van der Waals surface area (Å²) in [5.74, 6) is -0.967. The van der Waals surface area contributed by atoms with Crippen LogP contribution in [0.1, 0.15) is 30.3 Å². The lowest BCUT2D eigenvalue weighted by Gasteiger charge is -2.24. The van der Waals surface area contributed by atoms with Gasteiger partial charge in [-0.25, -0.2) is 4.98 Å². The smallest absolute Gasteiger partial charge is 0.264 e. The molecule has 9 heteroatoms. The summed E-state index contributed by atoms with van der Waals surface area (Å²) >= 11 is 0. The number of piperidine rings is 1. The number of nitrogens with one attached hydrogen (secondary N) is 2. The number of nitrogens with zero attached hydrogens (tertiary/aromatic N) is 2. The van der Waals surface area contributed by atoms with Crippen molar-refractivity contribution in [1.82, 2.24) is 14.9 Å². The van der Waals surface area contributed by atoms with Crippen LogP contribution in [0.25, 0.3) is 10.9 Å². The van der Waals surface area contributed by atoms with Crippen molar-refractivity contribution in [2.24, 2.45) is 0 Å². The number of fused-ring (bicyclic) bond motifs is 1. The standard InChI is InChI=1S/C23H22N4O5/c1-14-24-16-8-5-9-17(25-20(29)13-32-12-15-6-3-2-4-7-15)21(16)23(31)27(14)18-10-11-19(28)26-22(18)30/h2-9,18H,10-13H2,1H3,(H,25,29)(H,26,28,30). The number of imide groups is 1. The van der Waals surface area contributed by atoms with Crippen molar-refractivity contribution >= 4 is 34.3 Å². The Labute approximate surface area is 183 Å². The summed E-state index contributed by atoms with van der Waals surface area (Å²) in [5.41, 5.74) is 1.17. The first kappa shape index (κ1) is 21.4. The molecule has 0 spiro atoms. The molecule has 0 radical (unpaired) electrons. The van der Waals surface area contributed by atoms with Gasteiger partial charge in [-0.3, -0.25) is 29.1 Å². The minimum absolute atomic E-state index is 0.136. The number of carbonyl (C=O) groups is 3. The summed E-state index contributed by atoms with van der Waals surface area (Å²) in [6.45, 7) is 1.73. The van der Waals surface area contributed by atoms with Gasteiger partial charge in [0.1, 0.15) is 18.5 Å². The molecule has 0 saturated carbocycles. The minimum Gasteiger partial charge on any atom is -0.367 e. The van der Waals surface area contributed by atoms with Gasteiger partial charge in [-0.1, -0.05) is 36.4 Å². The average Bonchev–Trinajstić information content (AvgIpc) is 2.76. The zero-order chi connectivity index (χ0) is 22.7. The molecule has 32 heavy (non-hydrogen) atoms. The Bertz CT molecular complexity index is 1250. The topological polar surface area (TPSA) is 119 Å². The maximum Gasteiger partial charge on any atom is 0.264 e. The van der Waals surface area contributed by atoms with E-state index in [1.165, 1.54) is 4.57 Å². The quantitative estimate of drug-likeness (QED) is 0.572. The third kappa shape index (κ3) is 4.42. The molecule has 2 aromatic carbocycles. The minimum atomic E-state index is -0.838. The molecule has 3 aromatic rings. The van der Waals surface area contributed by atoms with Crippen molar-refractivity contribution in [3.8, 4) is 0 Å². The highest BCUT2D eigenvalue weighted by Gasteiger charge is 2.30. The number of benzene rings is 2. The van der Waals surface area contributed by atoms with Crippen LogP contribution in [0.4, 0.5) is 5.69 Å². The van der Waals surface area contributed by atoms with Crippen LogP contribution in [0.2, 0.25) is 0 Å². The van der Waals surface area contributed by atoms with Crippen molar-refractivity contribution < 1.29 is 19.1 Å². The molecule has 0 bridgehead atoms. The van der Waals surface area contributed by atoms with Crippen LogP contribution >= 0.6 is 0 Å². The van der Waals surface area contributed by atoms with E-state index in [-0.39, 0.29) is 43.0 Å². The lowest BCUT2D eigenvalue weighted by atomic mass is 10.1. The fourth-order valence-corrected chi connectivity index (χ4v) is 3.78. The number of amides is 3. The monoisotopic (exact) mass is 434 g/mol. The zero-order valence-corrected chi connectivity index (χ0v) is 17.5. The third-order valence-electron chi connectivity index (χ3n) is 5.25. The Balaban J connectivity index is 1.58. The summed E-state index contributed by atoms with van der Waals surface area (Å²) in [6.07, 6.45) is 0.345. The van der Waals surface area contributed by atoms with Crippen molar-refractivity contribution in [2.75, 3.05) is 11.9 Å². The molecule has 1 fully saturated rings. The summed E-state index contributed by atoms with van der Waals surface area (Å²) in [7, 11) is 0. The second kappa shape index (κ2) is 9.11. The lowest BCUT2D eigenvalue weighted by molar-refractivity contribution is -0.135. The molecular formula is C23H22N4O5. The van der Waals surface area contributed by atoms with Gasteiger partial charge in [-0.2, -0.15) is 0 Å². The summed E-state index contributed by atoms with van der Waals surface area (Å²) < 4.78 is 6.75. The van der Waals surface area contributed by atoms with Crippen molar-refractivity contribution in [1.29, 1.82) is 0 Å². The number of hydrogen-bond donors (Lipinski definition) is 2. The van der Waals surface area contributed by atoms with Crippen LogP contribution in [0.3, 0.4) is 0 Å². The molecule has 1 aromatic heterocycles. The van der Waals surface area contributed by atoms with Gasteiger partial charge in [0.05, 0.1) is 23.2 Å². The maximum absolute atomic E-state index is 13.4. The van der Waals surface area contributed by atoms with E-state index in [1.807, 2.05) is 30.3 Å². The largest absolute Gasteiger partial charge is 0.367 e. The predicted octanol–water partition coefficient (Wildman–Crippen LogP) is 1.84. The van der Waals surface area contributed by atoms with Gasteiger partial charge in [0.25, 0.3) is 5.56 Å². The van der Waals surface area contributed by atoms with Gasteiger partial charge >= 0.3 is 0 Å². The van der Waals surface area contributed by atoms with Gasteiger partial charge in [-0.15, -0.1) is 0 Å². The number of rotatable bonds is 6. The third-order valence-corrected chi connectivity index (χ3v) is 5.25. The van der Waals surface area contributed by atoms with Crippen LogP contribution in [-0.2, 0) is 25.7 Å². The molecule has 1 aliphatic rings. The average molecular weight is 434 g/mol. The fraction of sp³-hybridized carbons (Fsp3) is 0.261. The highest BCUT2D eigenvalue weighted by Crippen LogP contribution is 2.23. The number of anilines is 1. The van der Waals surface area contributed by atoms with Crippen LogP contribution in [0.15, 0.2) is 53.3 Å². The van der Waals surface area contributed by atoms with Crippen molar-refractivity contribution in [3.63, 3.8) is 0 Å². The zero-order valence-electron chi connectivity index (χ0n) is 17.5. The molecule has 1 saturated heterocycles. The number of aryl methyl sites for hydroxylation is 1. The normalized spacial score (nSPS) is 16.1. The van der Waals surface area contributed by atoms with Crippen LogP contribution in [0.5, 0.6) is 0 Å². The molecule has 0 aliphatic carbocycles. The van der Waals surface area contributed by atoms with Crippen LogP contribution in [-0.4, -0.2) is 33.9 Å². The van der Waals surface area contributed by atoms with E-state index >= 15 is 0 Å². The molecular weight excluding hydrogens is 412 g/mol. The van der Waals surface area contributed by atoms with Gasteiger partial charge in [0.15, 0.2) is 0 Å². The van der Waals surface area contributed by atoms with Gasteiger partial charge < -0.3 is 10.1 Å². The Kier molecular flexibility index (Phi) is 6.09. The molecule has 3 amide bonds. The predicted molar refractivity (Wildman–Crippen MR) is 117 cm³/mol. The van der Waals surface area contributed by atoms with Crippen molar-refractivity contribution in [3.05, 3.63) is 70.3 Å². The van der Waals surface area contributed by atoms with E-state index in [1.54, 1.807) is 25.1 Å². The molecule has 2 N–H and O–H groups in total. The first-order valence-corrected chi connectivity index (χ1v) is 10.2. The van der Waals surface area contributed by atoms with Gasteiger partial charge in [-0.05, 0) is 31.0 Å². The molecule has 9 nitrogen and oxygen atoms in total. The summed E-state index contributed by atoms with van der Waals surface area (Å²) in [6, 6.07) is 13.6. The van der Waals surface area contributed by atoms with E-state index in [4.69, 9.17) is 4.74 Å². The van der Waals surface area contributed by atoms with Gasteiger partial charge in [0.2, 0.25) is 17.7 Å². The molecule has 1 unspecified atom stereocenters. The Hall–Kier alpha value is -3.85. The van der Waals surface area contributed by atoms with E-state index in [0.717, 1.165) is 5.56 Å². The number of aromatic nitrogens is 2. The van der Waals surface area contributed by atoms with E-state index in [0.29, 0.717) is 11.3 Å².